The van der Waals surface area contributed by atoms with E-state index in [0.29, 0.717) is 5.56 Å². The van der Waals surface area contributed by atoms with E-state index in [1.165, 1.54) is 0 Å². The molecule has 0 unspecified atom stereocenters. The molecule has 0 radical (unpaired) electrons. The van der Waals surface area contributed by atoms with Crippen LogP contribution in [0.15, 0.2) is 146 Å². The Hall–Kier alpha value is -5.41. The van der Waals surface area contributed by atoms with Crippen molar-refractivity contribution >= 4 is 49.4 Å². The molecule has 6 aromatic carbocycles. The van der Waals surface area contributed by atoms with Crippen molar-refractivity contribution < 1.29 is 4.79 Å². The van der Waals surface area contributed by atoms with Crippen LogP contribution in [0.5, 0.6) is 0 Å². The Balaban J connectivity index is 1.52. The first kappa shape index (κ1) is 22.6. The van der Waals surface area contributed by atoms with E-state index >= 15 is 0 Å². The summed E-state index contributed by atoms with van der Waals surface area (Å²) in [5.41, 5.74) is 6.78. The van der Waals surface area contributed by atoms with Gasteiger partial charge >= 0.3 is 0 Å². The Morgan fingerprint density at radius 1 is 0.500 bits per heavy atom. The number of benzene rings is 6. The van der Waals surface area contributed by atoms with Gasteiger partial charge in [0, 0.05) is 27.4 Å². The maximum atomic E-state index is 14.5. The van der Waals surface area contributed by atoms with Crippen molar-refractivity contribution in [2.75, 3.05) is 0 Å². The standard InChI is InChI=1S/C37H24N2O/c40-37(29-20-19-25-11-7-8-14-27(25)23-29)39-33-18-10-9-17-31(33)32-22-21-28-24-34(26-12-3-1-4-13-26)38(35(28)36(32)39)30-15-5-2-6-16-30/h1-24H. The number of rotatable bonds is 3. The first-order valence-corrected chi connectivity index (χ1v) is 13.5. The van der Waals surface area contributed by atoms with Crippen LogP contribution in [0.3, 0.4) is 0 Å². The third-order valence-electron chi connectivity index (χ3n) is 7.88. The highest BCUT2D eigenvalue weighted by molar-refractivity contribution is 6.23. The molecule has 0 atom stereocenters. The van der Waals surface area contributed by atoms with E-state index in [1.807, 2.05) is 65.2 Å². The predicted molar refractivity (Wildman–Crippen MR) is 165 cm³/mol. The maximum Gasteiger partial charge on any atom is 0.262 e. The molecule has 2 aromatic heterocycles. The monoisotopic (exact) mass is 512 g/mol. The SMILES string of the molecule is O=C(c1ccc2ccccc2c1)n1c2ccccc2c2ccc3cc(-c4ccccc4)n(-c4ccccc4)c3c21. The summed E-state index contributed by atoms with van der Waals surface area (Å²) in [7, 11) is 0. The summed E-state index contributed by atoms with van der Waals surface area (Å²) < 4.78 is 4.22. The van der Waals surface area contributed by atoms with Crippen molar-refractivity contribution in [2.24, 2.45) is 0 Å². The Labute approximate surface area is 231 Å². The summed E-state index contributed by atoms with van der Waals surface area (Å²) in [5.74, 6) is -0.0356. The fourth-order valence-corrected chi connectivity index (χ4v) is 6.07. The Bertz CT molecular complexity index is 2220. The fourth-order valence-electron chi connectivity index (χ4n) is 6.07. The molecule has 0 fully saturated rings. The van der Waals surface area contributed by atoms with Crippen LogP contribution in [0.4, 0.5) is 0 Å². The van der Waals surface area contributed by atoms with Crippen molar-refractivity contribution in [1.82, 2.24) is 9.13 Å². The third kappa shape index (κ3) is 3.35. The normalized spacial score (nSPS) is 11.6. The highest BCUT2D eigenvalue weighted by atomic mass is 16.2. The molecule has 3 heteroatoms. The molecular formula is C37H24N2O. The van der Waals surface area contributed by atoms with Crippen molar-refractivity contribution in [3.05, 3.63) is 151 Å². The van der Waals surface area contributed by atoms with Gasteiger partial charge in [0.1, 0.15) is 0 Å². The molecule has 40 heavy (non-hydrogen) atoms. The average molecular weight is 513 g/mol. The molecule has 188 valence electrons. The van der Waals surface area contributed by atoms with Gasteiger partial charge in [-0.3, -0.25) is 9.36 Å². The molecular weight excluding hydrogens is 488 g/mol. The van der Waals surface area contributed by atoms with Crippen molar-refractivity contribution in [3.8, 4) is 16.9 Å². The van der Waals surface area contributed by atoms with Gasteiger partial charge in [0.15, 0.2) is 0 Å². The van der Waals surface area contributed by atoms with Gasteiger partial charge in [-0.2, -0.15) is 0 Å². The van der Waals surface area contributed by atoms with Gasteiger partial charge in [0.25, 0.3) is 5.91 Å². The third-order valence-corrected chi connectivity index (χ3v) is 7.88. The molecule has 0 saturated carbocycles. The van der Waals surface area contributed by atoms with Gasteiger partial charge in [0.2, 0.25) is 0 Å². The van der Waals surface area contributed by atoms with Gasteiger partial charge < -0.3 is 4.57 Å². The zero-order chi connectivity index (χ0) is 26.6. The van der Waals surface area contributed by atoms with Gasteiger partial charge in [0.05, 0.1) is 22.2 Å². The predicted octanol–water partition coefficient (Wildman–Crippen LogP) is 9.25. The molecule has 0 aliphatic heterocycles. The first-order valence-electron chi connectivity index (χ1n) is 13.5. The molecule has 0 amide bonds. The van der Waals surface area contributed by atoms with E-state index < -0.39 is 0 Å². The molecule has 2 heterocycles. The molecule has 0 aliphatic carbocycles. The fraction of sp³-hybridized carbons (Fsp3) is 0. The highest BCUT2D eigenvalue weighted by Crippen LogP contribution is 2.40. The summed E-state index contributed by atoms with van der Waals surface area (Å²) in [4.78, 5) is 14.5. The zero-order valence-electron chi connectivity index (χ0n) is 21.7. The molecule has 0 N–H and O–H groups in total. The lowest BCUT2D eigenvalue weighted by molar-refractivity contribution is 0.0969. The van der Waals surface area contributed by atoms with Gasteiger partial charge in [-0.15, -0.1) is 0 Å². The molecule has 0 spiro atoms. The summed E-state index contributed by atoms with van der Waals surface area (Å²) in [6, 6.07) is 49.8. The second-order valence-electron chi connectivity index (χ2n) is 10.2. The largest absolute Gasteiger partial charge is 0.307 e. The van der Waals surface area contributed by atoms with E-state index in [4.69, 9.17) is 0 Å². The number of carbonyl (C=O) groups is 1. The number of aromatic nitrogens is 2. The second kappa shape index (κ2) is 8.82. The van der Waals surface area contributed by atoms with Crippen LogP contribution in [0.2, 0.25) is 0 Å². The van der Waals surface area contributed by atoms with E-state index in [1.54, 1.807) is 0 Å². The number of fused-ring (bicyclic) bond motifs is 6. The number of hydrogen-bond donors (Lipinski definition) is 0. The minimum absolute atomic E-state index is 0.0356. The van der Waals surface area contributed by atoms with Crippen LogP contribution in [0.25, 0.3) is 60.4 Å². The second-order valence-corrected chi connectivity index (χ2v) is 10.2. The van der Waals surface area contributed by atoms with Crippen LogP contribution in [0, 0.1) is 0 Å². The highest BCUT2D eigenvalue weighted by Gasteiger charge is 2.23. The van der Waals surface area contributed by atoms with Crippen LogP contribution in [-0.4, -0.2) is 15.0 Å². The summed E-state index contributed by atoms with van der Waals surface area (Å²) >= 11 is 0. The lowest BCUT2D eigenvalue weighted by atomic mass is 10.1. The van der Waals surface area contributed by atoms with E-state index in [2.05, 4.69) is 89.5 Å². The molecule has 0 saturated heterocycles. The molecule has 8 rings (SSSR count). The number of nitrogens with zero attached hydrogens (tertiary/aromatic N) is 2. The van der Waals surface area contributed by atoms with Crippen molar-refractivity contribution in [1.29, 1.82) is 0 Å². The number of hydrogen-bond acceptors (Lipinski definition) is 1. The molecule has 3 nitrogen and oxygen atoms in total. The Morgan fingerprint density at radius 2 is 1.18 bits per heavy atom. The van der Waals surface area contributed by atoms with Gasteiger partial charge in [-0.05, 0) is 52.7 Å². The lowest BCUT2D eigenvalue weighted by Crippen LogP contribution is -2.12. The summed E-state index contributed by atoms with van der Waals surface area (Å²) in [5, 5.41) is 5.39. The summed E-state index contributed by atoms with van der Waals surface area (Å²) in [6.07, 6.45) is 0. The lowest BCUT2D eigenvalue weighted by Gasteiger charge is -2.14. The van der Waals surface area contributed by atoms with Crippen LogP contribution < -0.4 is 0 Å². The minimum Gasteiger partial charge on any atom is -0.307 e. The Morgan fingerprint density at radius 3 is 2.00 bits per heavy atom. The Kier molecular flexibility index (Phi) is 4.98. The van der Waals surface area contributed by atoms with Crippen LogP contribution in [-0.2, 0) is 0 Å². The summed E-state index contributed by atoms with van der Waals surface area (Å²) in [6.45, 7) is 0. The van der Waals surface area contributed by atoms with Gasteiger partial charge in [-0.1, -0.05) is 109 Å². The topological polar surface area (TPSA) is 26.9 Å². The molecule has 0 bridgehead atoms. The van der Waals surface area contributed by atoms with E-state index in [9.17, 15) is 4.79 Å². The maximum absolute atomic E-state index is 14.5. The zero-order valence-corrected chi connectivity index (χ0v) is 21.7. The number of para-hydroxylation sites is 2. The van der Waals surface area contributed by atoms with Crippen molar-refractivity contribution in [3.63, 3.8) is 0 Å². The average Bonchev–Trinajstić information content (AvgIpc) is 3.58. The molecule has 0 aliphatic rings. The van der Waals surface area contributed by atoms with Crippen LogP contribution >= 0.6 is 0 Å². The smallest absolute Gasteiger partial charge is 0.262 e. The van der Waals surface area contributed by atoms with Crippen LogP contribution in [0.1, 0.15) is 10.4 Å². The van der Waals surface area contributed by atoms with Gasteiger partial charge in [-0.25, -0.2) is 0 Å². The van der Waals surface area contributed by atoms with E-state index in [0.717, 1.165) is 60.4 Å². The first-order chi connectivity index (χ1) is 19.8. The number of carbonyl (C=O) groups excluding carboxylic acids is 1. The van der Waals surface area contributed by atoms with E-state index in [-0.39, 0.29) is 5.91 Å². The van der Waals surface area contributed by atoms with Crippen molar-refractivity contribution in [2.45, 2.75) is 0 Å². The quantitative estimate of drug-likeness (QED) is 0.232. The molecule has 8 aromatic rings. The minimum atomic E-state index is -0.0356.